The Kier molecular flexibility index (Phi) is 9.55. The first-order valence-corrected chi connectivity index (χ1v) is 12.2. The Morgan fingerprint density at radius 1 is 0.912 bits per heavy atom. The molecular formula is C28H30Cl2N2O2. The third kappa shape index (κ3) is 7.09. The summed E-state index contributed by atoms with van der Waals surface area (Å²) in [5.74, 6) is -0.315. The van der Waals surface area contributed by atoms with Gasteiger partial charge < -0.3 is 10.2 Å². The molecule has 0 aliphatic heterocycles. The van der Waals surface area contributed by atoms with Crippen LogP contribution in [0.15, 0.2) is 72.8 Å². The van der Waals surface area contributed by atoms with Crippen molar-refractivity contribution in [2.24, 2.45) is 0 Å². The van der Waals surface area contributed by atoms with Gasteiger partial charge in [0.1, 0.15) is 6.04 Å². The minimum absolute atomic E-state index is 0.102. The van der Waals surface area contributed by atoms with Gasteiger partial charge in [0, 0.05) is 36.5 Å². The number of nitrogens with one attached hydrogen (secondary N) is 1. The molecule has 0 spiro atoms. The average Bonchev–Trinajstić information content (AvgIpc) is 2.86. The zero-order chi connectivity index (χ0) is 24.5. The van der Waals surface area contributed by atoms with Gasteiger partial charge in [-0.15, -0.1) is 0 Å². The summed E-state index contributed by atoms with van der Waals surface area (Å²) in [6, 6.07) is 22.5. The Morgan fingerprint density at radius 2 is 1.59 bits per heavy atom. The van der Waals surface area contributed by atoms with Crippen LogP contribution in [0, 0.1) is 0 Å². The van der Waals surface area contributed by atoms with Crippen LogP contribution < -0.4 is 5.32 Å². The van der Waals surface area contributed by atoms with Gasteiger partial charge in [0.15, 0.2) is 0 Å². The Balaban J connectivity index is 1.88. The van der Waals surface area contributed by atoms with Crippen molar-refractivity contribution in [1.82, 2.24) is 10.2 Å². The number of amides is 2. The quantitative estimate of drug-likeness (QED) is 0.381. The van der Waals surface area contributed by atoms with Crippen molar-refractivity contribution in [2.45, 2.75) is 45.2 Å². The van der Waals surface area contributed by atoms with Gasteiger partial charge in [-0.25, -0.2) is 0 Å². The predicted octanol–water partition coefficient (Wildman–Crippen LogP) is 5.87. The van der Waals surface area contributed by atoms with Crippen molar-refractivity contribution in [3.05, 3.63) is 105 Å². The molecule has 0 heterocycles. The number of rotatable bonds is 10. The van der Waals surface area contributed by atoms with Crippen LogP contribution in [0.3, 0.4) is 0 Å². The zero-order valence-electron chi connectivity index (χ0n) is 19.6. The maximum atomic E-state index is 13.6. The van der Waals surface area contributed by atoms with Gasteiger partial charge in [0.2, 0.25) is 11.8 Å². The highest BCUT2D eigenvalue weighted by Crippen LogP contribution is 2.24. The van der Waals surface area contributed by atoms with Crippen molar-refractivity contribution >= 4 is 35.0 Å². The molecule has 4 nitrogen and oxygen atoms in total. The van der Waals surface area contributed by atoms with Crippen LogP contribution in [0.2, 0.25) is 10.0 Å². The molecule has 178 valence electrons. The van der Waals surface area contributed by atoms with Crippen LogP contribution in [0.25, 0.3) is 0 Å². The Morgan fingerprint density at radius 3 is 2.21 bits per heavy atom. The first-order valence-electron chi connectivity index (χ1n) is 11.5. The molecule has 0 bridgehead atoms. The number of hydrogen-bond acceptors (Lipinski definition) is 2. The summed E-state index contributed by atoms with van der Waals surface area (Å²) in [7, 11) is 1.59. The van der Waals surface area contributed by atoms with Crippen molar-refractivity contribution in [1.29, 1.82) is 0 Å². The van der Waals surface area contributed by atoms with E-state index in [1.54, 1.807) is 30.1 Å². The number of nitrogens with zero attached hydrogens (tertiary/aromatic N) is 1. The maximum absolute atomic E-state index is 13.6. The fraction of sp³-hybridized carbons (Fsp3) is 0.286. The third-order valence-electron chi connectivity index (χ3n) is 5.93. The Hall–Kier alpha value is -2.82. The van der Waals surface area contributed by atoms with E-state index < -0.39 is 6.04 Å². The normalized spacial score (nSPS) is 11.6. The van der Waals surface area contributed by atoms with Gasteiger partial charge in [-0.05, 0) is 47.2 Å². The lowest BCUT2D eigenvalue weighted by atomic mass is 10.0. The van der Waals surface area contributed by atoms with E-state index >= 15 is 0 Å². The Bertz CT molecular complexity index is 1100. The van der Waals surface area contributed by atoms with E-state index in [0.29, 0.717) is 29.3 Å². The molecule has 2 amide bonds. The fourth-order valence-corrected chi connectivity index (χ4v) is 4.36. The second kappa shape index (κ2) is 12.6. The lowest BCUT2D eigenvalue weighted by molar-refractivity contribution is -0.141. The summed E-state index contributed by atoms with van der Waals surface area (Å²) in [5, 5.41) is 3.72. The van der Waals surface area contributed by atoms with Crippen LogP contribution >= 0.6 is 23.2 Å². The maximum Gasteiger partial charge on any atom is 0.242 e. The van der Waals surface area contributed by atoms with E-state index in [1.807, 2.05) is 30.3 Å². The minimum Gasteiger partial charge on any atom is -0.357 e. The molecule has 0 aromatic heterocycles. The second-order valence-electron chi connectivity index (χ2n) is 8.25. The van der Waals surface area contributed by atoms with Crippen LogP contribution in [-0.4, -0.2) is 29.8 Å². The molecule has 0 aliphatic carbocycles. The van der Waals surface area contributed by atoms with E-state index in [0.717, 1.165) is 23.1 Å². The summed E-state index contributed by atoms with van der Waals surface area (Å²) < 4.78 is 0. The van der Waals surface area contributed by atoms with E-state index in [9.17, 15) is 9.59 Å². The molecule has 1 N–H and O–H groups in total. The third-order valence-corrected chi connectivity index (χ3v) is 6.52. The number of benzene rings is 3. The van der Waals surface area contributed by atoms with E-state index in [1.165, 1.54) is 5.56 Å². The van der Waals surface area contributed by atoms with E-state index in [2.05, 4.69) is 36.5 Å². The number of carbonyl (C=O) groups is 2. The molecule has 0 fully saturated rings. The number of halogens is 2. The van der Waals surface area contributed by atoms with Crippen LogP contribution in [0.1, 0.15) is 35.6 Å². The van der Waals surface area contributed by atoms with Crippen LogP contribution in [0.4, 0.5) is 0 Å². The molecule has 0 saturated carbocycles. The molecule has 0 saturated heterocycles. The molecule has 6 heteroatoms. The van der Waals surface area contributed by atoms with Crippen LogP contribution in [0.5, 0.6) is 0 Å². The number of aryl methyl sites for hydroxylation is 2. The molecular weight excluding hydrogens is 467 g/mol. The van der Waals surface area contributed by atoms with Gasteiger partial charge in [-0.3, -0.25) is 9.59 Å². The zero-order valence-corrected chi connectivity index (χ0v) is 21.1. The number of carbonyl (C=O) groups excluding carboxylic acids is 2. The molecule has 0 aliphatic rings. The van der Waals surface area contributed by atoms with E-state index in [-0.39, 0.29) is 18.4 Å². The number of likely N-dealkylation sites (N-methyl/N-ethyl adjacent to an activating group) is 1. The largest absolute Gasteiger partial charge is 0.357 e. The molecule has 0 radical (unpaired) electrons. The monoisotopic (exact) mass is 496 g/mol. The molecule has 1 unspecified atom stereocenters. The SMILES string of the molecule is CCc1ccc(CCC(=O)N(Cc2ccc(Cl)cc2Cl)C(Cc2ccccc2)C(=O)NC)cc1. The number of hydrogen-bond donors (Lipinski definition) is 1. The summed E-state index contributed by atoms with van der Waals surface area (Å²) >= 11 is 12.5. The summed E-state index contributed by atoms with van der Waals surface area (Å²) in [6.45, 7) is 2.33. The topological polar surface area (TPSA) is 49.4 Å². The van der Waals surface area contributed by atoms with Gasteiger partial charge in [0.05, 0.1) is 0 Å². The molecule has 3 aromatic carbocycles. The van der Waals surface area contributed by atoms with E-state index in [4.69, 9.17) is 23.2 Å². The average molecular weight is 497 g/mol. The highest BCUT2D eigenvalue weighted by atomic mass is 35.5. The summed E-state index contributed by atoms with van der Waals surface area (Å²) in [6.07, 6.45) is 2.27. The molecule has 1 atom stereocenters. The first kappa shape index (κ1) is 25.8. The molecule has 3 aromatic rings. The van der Waals surface area contributed by atoms with Gasteiger partial charge in [-0.1, -0.05) is 90.8 Å². The van der Waals surface area contributed by atoms with Gasteiger partial charge >= 0.3 is 0 Å². The lowest BCUT2D eigenvalue weighted by Gasteiger charge is -2.31. The van der Waals surface area contributed by atoms with Crippen molar-refractivity contribution in [3.63, 3.8) is 0 Å². The summed E-state index contributed by atoms with van der Waals surface area (Å²) in [5.41, 5.74) is 4.08. The van der Waals surface area contributed by atoms with Gasteiger partial charge in [0.25, 0.3) is 0 Å². The predicted molar refractivity (Wildman–Crippen MR) is 139 cm³/mol. The highest BCUT2D eigenvalue weighted by molar-refractivity contribution is 6.35. The van der Waals surface area contributed by atoms with Crippen LogP contribution in [-0.2, 0) is 35.4 Å². The lowest BCUT2D eigenvalue weighted by Crippen LogP contribution is -2.49. The second-order valence-corrected chi connectivity index (χ2v) is 9.09. The standard InChI is InChI=1S/C28H30Cl2N2O2/c1-3-20-9-11-21(12-10-20)13-16-27(33)32(19-23-14-15-24(29)18-25(23)30)26(28(34)31-2)17-22-7-5-4-6-8-22/h4-12,14-15,18,26H,3,13,16-17,19H2,1-2H3,(H,31,34). The highest BCUT2D eigenvalue weighted by Gasteiger charge is 2.30. The molecule has 3 rings (SSSR count). The Labute approximate surface area is 211 Å². The van der Waals surface area contributed by atoms with Crippen molar-refractivity contribution in [3.8, 4) is 0 Å². The van der Waals surface area contributed by atoms with Crippen molar-refractivity contribution in [2.75, 3.05) is 7.05 Å². The molecule has 34 heavy (non-hydrogen) atoms. The minimum atomic E-state index is -0.672. The first-order chi connectivity index (χ1) is 16.4. The van der Waals surface area contributed by atoms with Crippen molar-refractivity contribution < 1.29 is 9.59 Å². The smallest absolute Gasteiger partial charge is 0.242 e. The summed E-state index contributed by atoms with van der Waals surface area (Å²) in [4.78, 5) is 28.2. The fourth-order valence-electron chi connectivity index (χ4n) is 3.89. The van der Waals surface area contributed by atoms with Gasteiger partial charge in [-0.2, -0.15) is 0 Å².